The van der Waals surface area contributed by atoms with E-state index in [2.05, 4.69) is 45.5 Å². The lowest BCUT2D eigenvalue weighted by molar-refractivity contribution is -0.121. The van der Waals surface area contributed by atoms with E-state index in [4.69, 9.17) is 5.26 Å². The maximum Gasteiger partial charge on any atom is 0.241 e. The lowest BCUT2D eigenvalue weighted by Crippen LogP contribution is -2.53. The van der Waals surface area contributed by atoms with Crippen LogP contribution in [0.15, 0.2) is 54.6 Å². The number of hydrogen-bond acceptors (Lipinski definition) is 4. The van der Waals surface area contributed by atoms with Crippen LogP contribution in [-0.4, -0.2) is 54.5 Å². The normalized spacial score (nSPS) is 16.4. The molecule has 140 valence electrons. The first-order valence-electron chi connectivity index (χ1n) is 9.47. The van der Waals surface area contributed by atoms with Crippen LogP contribution >= 0.6 is 0 Å². The first-order chi connectivity index (χ1) is 13.2. The Balaban J connectivity index is 1.45. The van der Waals surface area contributed by atoms with E-state index in [1.807, 2.05) is 19.1 Å². The highest BCUT2D eigenvalue weighted by Crippen LogP contribution is 2.13. The molecule has 2 aromatic carbocycles. The summed E-state index contributed by atoms with van der Waals surface area (Å²) in [5.41, 5.74) is 2.59. The molecule has 5 nitrogen and oxygen atoms in total. The van der Waals surface area contributed by atoms with Gasteiger partial charge >= 0.3 is 0 Å². The highest BCUT2D eigenvalue weighted by atomic mass is 16.2. The molecule has 2 aromatic rings. The number of carbonyl (C=O) groups is 1. The van der Waals surface area contributed by atoms with Crippen molar-refractivity contribution in [1.29, 1.82) is 5.26 Å². The molecule has 0 aliphatic carbocycles. The number of nitrogens with one attached hydrogen (secondary N) is 1. The molecule has 0 saturated carbocycles. The fraction of sp³-hybridized carbons (Fsp3) is 0.364. The van der Waals surface area contributed by atoms with Gasteiger partial charge < -0.3 is 10.2 Å². The fourth-order valence-corrected chi connectivity index (χ4v) is 3.39. The van der Waals surface area contributed by atoms with Crippen LogP contribution in [0.1, 0.15) is 18.1 Å². The van der Waals surface area contributed by atoms with E-state index in [9.17, 15) is 4.79 Å². The predicted octanol–water partition coefficient (Wildman–Crippen LogP) is 2.75. The van der Waals surface area contributed by atoms with Crippen LogP contribution in [0.3, 0.4) is 0 Å². The molecule has 1 N–H and O–H groups in total. The average Bonchev–Trinajstić information content (AvgIpc) is 2.73. The molecular formula is C22H26N4O. The summed E-state index contributed by atoms with van der Waals surface area (Å²) in [4.78, 5) is 17.2. The molecule has 0 spiro atoms. The van der Waals surface area contributed by atoms with Crippen LogP contribution in [0.5, 0.6) is 0 Å². The molecule has 1 saturated heterocycles. The second-order valence-corrected chi connectivity index (χ2v) is 6.97. The largest absolute Gasteiger partial charge is 0.325 e. The molecule has 0 aromatic heterocycles. The number of benzene rings is 2. The third-order valence-corrected chi connectivity index (χ3v) is 5.15. The Kier molecular flexibility index (Phi) is 6.59. The van der Waals surface area contributed by atoms with Gasteiger partial charge in [-0.1, -0.05) is 36.4 Å². The molecule has 1 heterocycles. The van der Waals surface area contributed by atoms with Crippen molar-refractivity contribution >= 4 is 11.6 Å². The summed E-state index contributed by atoms with van der Waals surface area (Å²) in [6.45, 7) is 6.74. The molecule has 3 rings (SSSR count). The second-order valence-electron chi connectivity index (χ2n) is 6.97. The Morgan fingerprint density at radius 3 is 2.56 bits per heavy atom. The number of nitrogens with zero attached hydrogens (tertiary/aromatic N) is 3. The summed E-state index contributed by atoms with van der Waals surface area (Å²) in [6.07, 6.45) is 1.06. The van der Waals surface area contributed by atoms with E-state index in [1.165, 1.54) is 5.56 Å². The lowest BCUT2D eigenvalue weighted by atomic mass is 10.1. The van der Waals surface area contributed by atoms with Gasteiger partial charge in [-0.25, -0.2) is 0 Å². The van der Waals surface area contributed by atoms with Crippen LogP contribution in [0, 0.1) is 11.3 Å². The molecular weight excluding hydrogens is 336 g/mol. The van der Waals surface area contributed by atoms with Crippen molar-refractivity contribution in [2.75, 3.05) is 38.0 Å². The Hall–Kier alpha value is -2.68. The molecule has 0 bridgehead atoms. The maximum atomic E-state index is 12.6. The number of nitriles is 1. The van der Waals surface area contributed by atoms with Gasteiger partial charge in [-0.2, -0.15) is 5.26 Å². The monoisotopic (exact) mass is 362 g/mol. The van der Waals surface area contributed by atoms with Crippen molar-refractivity contribution in [3.63, 3.8) is 0 Å². The van der Waals surface area contributed by atoms with Crippen LogP contribution < -0.4 is 5.32 Å². The third-order valence-electron chi connectivity index (χ3n) is 5.15. The van der Waals surface area contributed by atoms with Gasteiger partial charge in [0, 0.05) is 38.4 Å². The summed E-state index contributed by atoms with van der Waals surface area (Å²) in [5.74, 6) is -0.0252. The highest BCUT2D eigenvalue weighted by Gasteiger charge is 2.25. The molecule has 1 unspecified atom stereocenters. The number of carbonyl (C=O) groups excluding carboxylic acids is 1. The van der Waals surface area contributed by atoms with Gasteiger partial charge in [-0.05, 0) is 37.1 Å². The zero-order valence-electron chi connectivity index (χ0n) is 15.8. The zero-order chi connectivity index (χ0) is 19.1. The van der Waals surface area contributed by atoms with Crippen LogP contribution in [0.25, 0.3) is 0 Å². The molecule has 1 atom stereocenters. The van der Waals surface area contributed by atoms with Gasteiger partial charge in [0.1, 0.15) is 0 Å². The highest BCUT2D eigenvalue weighted by molar-refractivity contribution is 5.94. The molecule has 1 amide bonds. The van der Waals surface area contributed by atoms with Crippen LogP contribution in [0.4, 0.5) is 5.69 Å². The van der Waals surface area contributed by atoms with Crippen molar-refractivity contribution < 1.29 is 4.79 Å². The standard InChI is InChI=1S/C22H26N4O/c1-18(22(27)24-21-9-5-8-20(16-21)17-23)26-14-12-25(13-15-26)11-10-19-6-3-2-4-7-19/h2-9,16,18H,10-15H2,1H3,(H,24,27). The van der Waals surface area contributed by atoms with Crippen molar-refractivity contribution in [2.45, 2.75) is 19.4 Å². The van der Waals surface area contributed by atoms with Gasteiger partial charge in [-0.15, -0.1) is 0 Å². The Morgan fingerprint density at radius 1 is 1.11 bits per heavy atom. The zero-order valence-corrected chi connectivity index (χ0v) is 15.8. The molecule has 1 fully saturated rings. The van der Waals surface area contributed by atoms with E-state index >= 15 is 0 Å². The van der Waals surface area contributed by atoms with E-state index in [-0.39, 0.29) is 11.9 Å². The topological polar surface area (TPSA) is 59.4 Å². The van der Waals surface area contributed by atoms with Crippen molar-refractivity contribution in [3.05, 3.63) is 65.7 Å². The summed E-state index contributed by atoms with van der Waals surface area (Å²) in [5, 5.41) is 11.9. The predicted molar refractivity (Wildman–Crippen MR) is 107 cm³/mol. The molecule has 0 radical (unpaired) electrons. The summed E-state index contributed by atoms with van der Waals surface area (Å²) in [7, 11) is 0. The first-order valence-corrected chi connectivity index (χ1v) is 9.47. The molecule has 5 heteroatoms. The Labute approximate surface area is 161 Å². The molecule has 1 aliphatic rings. The van der Waals surface area contributed by atoms with Gasteiger partial charge in [0.15, 0.2) is 0 Å². The SMILES string of the molecule is CC(C(=O)Nc1cccc(C#N)c1)N1CCN(CCc2ccccc2)CC1. The van der Waals surface area contributed by atoms with Crippen molar-refractivity contribution in [2.24, 2.45) is 0 Å². The molecule has 1 aliphatic heterocycles. The third kappa shape index (κ3) is 5.40. The number of rotatable bonds is 6. The van der Waals surface area contributed by atoms with E-state index in [0.29, 0.717) is 11.3 Å². The number of anilines is 1. The van der Waals surface area contributed by atoms with E-state index in [0.717, 1.165) is 39.1 Å². The number of amides is 1. The lowest BCUT2D eigenvalue weighted by Gasteiger charge is -2.37. The van der Waals surface area contributed by atoms with Gasteiger partial charge in [0.25, 0.3) is 0 Å². The number of piperazine rings is 1. The Morgan fingerprint density at radius 2 is 1.85 bits per heavy atom. The van der Waals surface area contributed by atoms with E-state index < -0.39 is 0 Å². The van der Waals surface area contributed by atoms with E-state index in [1.54, 1.807) is 18.2 Å². The smallest absolute Gasteiger partial charge is 0.241 e. The Bertz CT molecular complexity index is 791. The summed E-state index contributed by atoms with van der Waals surface area (Å²) >= 11 is 0. The fourth-order valence-electron chi connectivity index (χ4n) is 3.39. The molecule has 27 heavy (non-hydrogen) atoms. The average molecular weight is 362 g/mol. The summed E-state index contributed by atoms with van der Waals surface area (Å²) < 4.78 is 0. The number of hydrogen-bond donors (Lipinski definition) is 1. The van der Waals surface area contributed by atoms with Crippen molar-refractivity contribution in [3.8, 4) is 6.07 Å². The van der Waals surface area contributed by atoms with Crippen molar-refractivity contribution in [1.82, 2.24) is 9.80 Å². The first kappa shape index (κ1) is 19.1. The van der Waals surface area contributed by atoms with Gasteiger partial charge in [0.2, 0.25) is 5.91 Å². The van der Waals surface area contributed by atoms with Crippen LogP contribution in [0.2, 0.25) is 0 Å². The van der Waals surface area contributed by atoms with Gasteiger partial charge in [0.05, 0.1) is 17.7 Å². The minimum absolute atomic E-state index is 0.0252. The minimum atomic E-state index is -0.188. The van der Waals surface area contributed by atoms with Crippen LogP contribution in [-0.2, 0) is 11.2 Å². The quantitative estimate of drug-likeness (QED) is 0.858. The minimum Gasteiger partial charge on any atom is -0.325 e. The summed E-state index contributed by atoms with van der Waals surface area (Å²) in [6, 6.07) is 19.5. The maximum absolute atomic E-state index is 12.6. The van der Waals surface area contributed by atoms with Gasteiger partial charge in [-0.3, -0.25) is 9.69 Å². The second kappa shape index (κ2) is 9.31.